The standard InChI is InChI=1S/C10H12N2O2/c11-9-4-2-1-3-8(9)10(13)12-7-5-14-6-7/h1-4,7H,5-6,11H2,(H,12,13). The van der Waals surface area contributed by atoms with Gasteiger partial charge in [0.15, 0.2) is 0 Å². The minimum atomic E-state index is -0.128. The van der Waals surface area contributed by atoms with Crippen molar-refractivity contribution in [3.8, 4) is 0 Å². The number of nitrogens with two attached hydrogens (primary N) is 1. The zero-order valence-corrected chi connectivity index (χ0v) is 7.69. The molecule has 3 N–H and O–H groups in total. The summed E-state index contributed by atoms with van der Waals surface area (Å²) in [6.45, 7) is 1.19. The van der Waals surface area contributed by atoms with Crippen LogP contribution in [-0.2, 0) is 4.74 Å². The average molecular weight is 192 g/mol. The first kappa shape index (κ1) is 9.02. The summed E-state index contributed by atoms with van der Waals surface area (Å²) in [4.78, 5) is 11.6. The molecule has 2 rings (SSSR count). The van der Waals surface area contributed by atoms with E-state index in [1.54, 1.807) is 24.3 Å². The maximum absolute atomic E-state index is 11.6. The molecular formula is C10H12N2O2. The molecule has 4 heteroatoms. The van der Waals surface area contributed by atoms with Gasteiger partial charge in [-0.3, -0.25) is 4.79 Å². The number of carbonyl (C=O) groups excluding carboxylic acids is 1. The number of amides is 1. The summed E-state index contributed by atoms with van der Waals surface area (Å²) in [6, 6.07) is 7.17. The minimum absolute atomic E-state index is 0.128. The Labute approximate surface area is 82.1 Å². The van der Waals surface area contributed by atoms with Gasteiger partial charge >= 0.3 is 0 Å². The second-order valence-electron chi connectivity index (χ2n) is 3.30. The first-order valence-corrected chi connectivity index (χ1v) is 4.50. The van der Waals surface area contributed by atoms with Crippen molar-refractivity contribution >= 4 is 11.6 Å². The second kappa shape index (κ2) is 3.67. The predicted octanol–water partition coefficient (Wildman–Crippen LogP) is 0.397. The van der Waals surface area contributed by atoms with E-state index in [2.05, 4.69) is 5.32 Å². The van der Waals surface area contributed by atoms with E-state index in [0.29, 0.717) is 24.5 Å². The molecule has 0 spiro atoms. The molecule has 0 aromatic heterocycles. The fraction of sp³-hybridized carbons (Fsp3) is 0.300. The van der Waals surface area contributed by atoms with Gasteiger partial charge in [0.1, 0.15) is 0 Å². The average Bonchev–Trinajstić information content (AvgIpc) is 2.12. The fourth-order valence-electron chi connectivity index (χ4n) is 1.29. The zero-order valence-electron chi connectivity index (χ0n) is 7.69. The molecule has 14 heavy (non-hydrogen) atoms. The van der Waals surface area contributed by atoms with Crippen LogP contribution in [0.2, 0.25) is 0 Å². The normalized spacial score (nSPS) is 16.0. The van der Waals surface area contributed by atoms with Gasteiger partial charge in [-0.2, -0.15) is 0 Å². The Balaban J connectivity index is 2.06. The van der Waals surface area contributed by atoms with Crippen LogP contribution >= 0.6 is 0 Å². The largest absolute Gasteiger partial charge is 0.398 e. The second-order valence-corrected chi connectivity index (χ2v) is 3.30. The molecule has 0 bridgehead atoms. The molecule has 1 aliphatic heterocycles. The summed E-state index contributed by atoms with van der Waals surface area (Å²) < 4.78 is 4.96. The maximum atomic E-state index is 11.6. The number of ether oxygens (including phenoxy) is 1. The molecule has 1 amide bonds. The summed E-state index contributed by atoms with van der Waals surface area (Å²) in [5.74, 6) is -0.128. The van der Waals surface area contributed by atoms with Crippen molar-refractivity contribution in [2.24, 2.45) is 0 Å². The van der Waals surface area contributed by atoms with E-state index in [1.165, 1.54) is 0 Å². The Morgan fingerprint density at radius 3 is 2.71 bits per heavy atom. The Morgan fingerprint density at radius 2 is 2.14 bits per heavy atom. The van der Waals surface area contributed by atoms with Crippen LogP contribution in [0.4, 0.5) is 5.69 Å². The lowest BCUT2D eigenvalue weighted by Gasteiger charge is -2.26. The lowest BCUT2D eigenvalue weighted by atomic mass is 10.1. The van der Waals surface area contributed by atoms with E-state index < -0.39 is 0 Å². The molecule has 0 unspecified atom stereocenters. The van der Waals surface area contributed by atoms with Gasteiger partial charge in [-0.15, -0.1) is 0 Å². The van der Waals surface area contributed by atoms with Gasteiger partial charge in [-0.1, -0.05) is 12.1 Å². The van der Waals surface area contributed by atoms with Crippen molar-refractivity contribution in [1.29, 1.82) is 0 Å². The number of hydrogen-bond acceptors (Lipinski definition) is 3. The van der Waals surface area contributed by atoms with Crippen LogP contribution in [0.15, 0.2) is 24.3 Å². The number of rotatable bonds is 2. The third-order valence-electron chi connectivity index (χ3n) is 2.18. The molecule has 1 fully saturated rings. The SMILES string of the molecule is Nc1ccccc1C(=O)NC1COC1. The van der Waals surface area contributed by atoms with Gasteiger partial charge in [0.25, 0.3) is 5.91 Å². The summed E-state index contributed by atoms with van der Waals surface area (Å²) in [5, 5.41) is 2.83. The third-order valence-corrected chi connectivity index (χ3v) is 2.18. The molecule has 74 valence electrons. The molecule has 0 radical (unpaired) electrons. The smallest absolute Gasteiger partial charge is 0.253 e. The van der Waals surface area contributed by atoms with Crippen LogP contribution in [0.3, 0.4) is 0 Å². The number of anilines is 1. The Bertz CT molecular complexity index is 348. The van der Waals surface area contributed by atoms with Crippen LogP contribution in [0.25, 0.3) is 0 Å². The van der Waals surface area contributed by atoms with E-state index in [-0.39, 0.29) is 11.9 Å². The number of hydrogen-bond donors (Lipinski definition) is 2. The lowest BCUT2D eigenvalue weighted by Crippen LogP contribution is -2.48. The van der Waals surface area contributed by atoms with Gasteiger partial charge in [0, 0.05) is 5.69 Å². The molecule has 1 aliphatic rings. The van der Waals surface area contributed by atoms with Crippen molar-refractivity contribution in [2.45, 2.75) is 6.04 Å². The first-order chi connectivity index (χ1) is 6.77. The van der Waals surface area contributed by atoms with Gasteiger partial charge in [0.2, 0.25) is 0 Å². The summed E-state index contributed by atoms with van der Waals surface area (Å²) in [6.07, 6.45) is 0. The number of para-hydroxylation sites is 1. The molecule has 1 aromatic rings. The van der Waals surface area contributed by atoms with Crippen LogP contribution in [0, 0.1) is 0 Å². The van der Waals surface area contributed by atoms with Crippen molar-refractivity contribution in [3.63, 3.8) is 0 Å². The van der Waals surface area contributed by atoms with Crippen LogP contribution in [0.1, 0.15) is 10.4 Å². The molecule has 4 nitrogen and oxygen atoms in total. The summed E-state index contributed by atoms with van der Waals surface area (Å²) in [7, 11) is 0. The number of carbonyl (C=O) groups is 1. The lowest BCUT2D eigenvalue weighted by molar-refractivity contribution is -0.00344. The molecule has 1 aromatic carbocycles. The zero-order chi connectivity index (χ0) is 9.97. The third kappa shape index (κ3) is 1.70. The van der Waals surface area contributed by atoms with Gasteiger partial charge < -0.3 is 15.8 Å². The number of benzene rings is 1. The van der Waals surface area contributed by atoms with Crippen molar-refractivity contribution < 1.29 is 9.53 Å². The van der Waals surface area contributed by atoms with Crippen LogP contribution in [-0.4, -0.2) is 25.2 Å². The Morgan fingerprint density at radius 1 is 1.43 bits per heavy atom. The maximum Gasteiger partial charge on any atom is 0.253 e. The number of nitrogen functional groups attached to an aromatic ring is 1. The molecule has 0 saturated carbocycles. The van der Waals surface area contributed by atoms with Gasteiger partial charge in [-0.25, -0.2) is 0 Å². The molecule has 1 saturated heterocycles. The highest BCUT2D eigenvalue weighted by atomic mass is 16.5. The first-order valence-electron chi connectivity index (χ1n) is 4.50. The number of nitrogens with one attached hydrogen (secondary N) is 1. The van der Waals surface area contributed by atoms with Crippen LogP contribution < -0.4 is 11.1 Å². The highest BCUT2D eigenvalue weighted by Crippen LogP contribution is 2.11. The Kier molecular flexibility index (Phi) is 2.37. The van der Waals surface area contributed by atoms with E-state index in [4.69, 9.17) is 10.5 Å². The predicted molar refractivity (Wildman–Crippen MR) is 52.9 cm³/mol. The monoisotopic (exact) mass is 192 g/mol. The highest BCUT2D eigenvalue weighted by molar-refractivity contribution is 5.99. The van der Waals surface area contributed by atoms with Gasteiger partial charge in [-0.05, 0) is 12.1 Å². The molecular weight excluding hydrogens is 180 g/mol. The topological polar surface area (TPSA) is 64.4 Å². The van der Waals surface area contributed by atoms with E-state index in [0.717, 1.165) is 0 Å². The molecule has 1 heterocycles. The van der Waals surface area contributed by atoms with E-state index in [9.17, 15) is 4.79 Å². The molecule has 0 atom stereocenters. The van der Waals surface area contributed by atoms with E-state index >= 15 is 0 Å². The highest BCUT2D eigenvalue weighted by Gasteiger charge is 2.21. The quantitative estimate of drug-likeness (QED) is 0.666. The molecule has 0 aliphatic carbocycles. The van der Waals surface area contributed by atoms with Crippen molar-refractivity contribution in [1.82, 2.24) is 5.32 Å². The van der Waals surface area contributed by atoms with Crippen LogP contribution in [0.5, 0.6) is 0 Å². The van der Waals surface area contributed by atoms with Crippen molar-refractivity contribution in [2.75, 3.05) is 18.9 Å². The summed E-state index contributed by atoms with van der Waals surface area (Å²) in [5.41, 5.74) is 6.70. The van der Waals surface area contributed by atoms with Crippen molar-refractivity contribution in [3.05, 3.63) is 29.8 Å². The summed E-state index contributed by atoms with van der Waals surface area (Å²) >= 11 is 0. The fourth-order valence-corrected chi connectivity index (χ4v) is 1.29. The van der Waals surface area contributed by atoms with Gasteiger partial charge in [0.05, 0.1) is 24.8 Å². The van der Waals surface area contributed by atoms with E-state index in [1.807, 2.05) is 0 Å². The minimum Gasteiger partial charge on any atom is -0.398 e. The Hall–Kier alpha value is -1.55.